The van der Waals surface area contributed by atoms with Crippen molar-refractivity contribution < 1.29 is 32.6 Å². The number of hydrogen-bond donors (Lipinski definition) is 2. The van der Waals surface area contributed by atoms with Gasteiger partial charge in [0.05, 0.1) is 30.3 Å². The number of aryl methyl sites for hydroxylation is 1. The first-order chi connectivity index (χ1) is 22.9. The van der Waals surface area contributed by atoms with E-state index in [1.54, 1.807) is 18.7 Å². The summed E-state index contributed by atoms with van der Waals surface area (Å²) in [6, 6.07) is 0.772. The van der Waals surface area contributed by atoms with Crippen molar-refractivity contribution in [2.45, 2.75) is 39.4 Å². The number of carbonyl (C=O) groups excluding carboxylic acids is 2. The normalized spacial score (nSPS) is 15.6. The summed E-state index contributed by atoms with van der Waals surface area (Å²) >= 11 is 6.34. The first kappa shape index (κ1) is 33.4. The molecule has 48 heavy (non-hydrogen) atoms. The molecule has 0 unspecified atom stereocenters. The predicted octanol–water partition coefficient (Wildman–Crippen LogP) is 3.40. The van der Waals surface area contributed by atoms with Gasteiger partial charge in [0.25, 0.3) is 11.5 Å². The van der Waals surface area contributed by atoms with Crippen LogP contribution in [0, 0.1) is 6.92 Å². The number of piperazine rings is 1. The highest BCUT2D eigenvalue weighted by Crippen LogP contribution is 2.41. The fourth-order valence-corrected chi connectivity index (χ4v) is 6.69. The lowest BCUT2D eigenvalue weighted by molar-refractivity contribution is -0.134. The Kier molecular flexibility index (Phi) is 9.14. The number of thiophene rings is 1. The Bertz CT molecular complexity index is 2000. The zero-order chi connectivity index (χ0) is 34.3. The van der Waals surface area contributed by atoms with Gasteiger partial charge in [-0.15, -0.1) is 16.4 Å². The van der Waals surface area contributed by atoms with E-state index < -0.39 is 35.0 Å². The van der Waals surface area contributed by atoms with E-state index in [1.165, 1.54) is 15.8 Å². The highest BCUT2D eigenvalue weighted by molar-refractivity contribution is 7.17. The Morgan fingerprint density at radius 2 is 1.94 bits per heavy atom. The van der Waals surface area contributed by atoms with Gasteiger partial charge >= 0.3 is 6.18 Å². The maximum absolute atomic E-state index is 14.1. The monoisotopic (exact) mass is 707 g/mol. The Morgan fingerprint density at radius 1 is 1.19 bits per heavy atom. The van der Waals surface area contributed by atoms with Crippen molar-refractivity contribution in [3.8, 4) is 5.75 Å². The highest BCUT2D eigenvalue weighted by Gasteiger charge is 2.35. The lowest BCUT2D eigenvalue weighted by atomic mass is 10.1. The number of amides is 2. The van der Waals surface area contributed by atoms with Gasteiger partial charge in [0.1, 0.15) is 27.8 Å². The van der Waals surface area contributed by atoms with E-state index in [0.717, 1.165) is 16.2 Å². The number of aromatic nitrogens is 6. The van der Waals surface area contributed by atoms with Gasteiger partial charge in [0.2, 0.25) is 11.7 Å². The summed E-state index contributed by atoms with van der Waals surface area (Å²) in [5, 5.41) is 17.3. The van der Waals surface area contributed by atoms with Crippen LogP contribution in [-0.2, 0) is 28.7 Å². The maximum Gasteiger partial charge on any atom is 0.425 e. The molecule has 0 spiro atoms. The molecule has 19 heteroatoms. The Balaban J connectivity index is 1.35. The van der Waals surface area contributed by atoms with E-state index in [1.807, 2.05) is 6.08 Å². The first-order valence-corrected chi connectivity index (χ1v) is 16.1. The molecule has 0 aromatic carbocycles. The quantitative estimate of drug-likeness (QED) is 0.292. The molecule has 14 nitrogen and oxygen atoms in total. The SMILES string of the molecule is CCc1c(N2CCN(C(=O)c3ncnc(C)c3O)CC2)c(=O)n2nc(C3=CCOCC3)nc2n1CC(=O)Nc1cc(C(F)(F)F)sc1Cl. The Morgan fingerprint density at radius 3 is 2.58 bits per heavy atom. The summed E-state index contributed by atoms with van der Waals surface area (Å²) in [5.74, 6) is -1.11. The van der Waals surface area contributed by atoms with Crippen molar-refractivity contribution in [1.29, 1.82) is 0 Å². The highest BCUT2D eigenvalue weighted by atomic mass is 35.5. The molecule has 0 radical (unpaired) electrons. The topological polar surface area (TPSA) is 160 Å². The molecule has 1 fully saturated rings. The molecule has 6 heterocycles. The molecule has 2 amide bonds. The van der Waals surface area contributed by atoms with E-state index in [0.29, 0.717) is 36.7 Å². The number of hydrogen-bond acceptors (Lipinski definition) is 11. The lowest BCUT2D eigenvalue weighted by Gasteiger charge is -2.36. The zero-order valence-electron chi connectivity index (χ0n) is 25.7. The molecule has 0 aliphatic carbocycles. The van der Waals surface area contributed by atoms with Crippen LogP contribution in [0.3, 0.4) is 0 Å². The van der Waals surface area contributed by atoms with Crippen LogP contribution >= 0.6 is 22.9 Å². The van der Waals surface area contributed by atoms with E-state index in [4.69, 9.17) is 16.3 Å². The van der Waals surface area contributed by atoms with Crippen molar-refractivity contribution in [3.63, 3.8) is 0 Å². The predicted molar refractivity (Wildman–Crippen MR) is 170 cm³/mol. The molecule has 1 saturated heterocycles. The molecule has 4 aromatic heterocycles. The molecule has 6 rings (SSSR count). The third-order valence-corrected chi connectivity index (χ3v) is 9.45. The number of anilines is 2. The molecule has 0 saturated carbocycles. The van der Waals surface area contributed by atoms with E-state index in [9.17, 15) is 32.7 Å². The molecular weight excluding hydrogens is 679 g/mol. The fourth-order valence-electron chi connectivity index (χ4n) is 5.63. The average Bonchev–Trinajstić information content (AvgIpc) is 3.68. The number of halogens is 4. The minimum Gasteiger partial charge on any atom is -0.504 e. The van der Waals surface area contributed by atoms with Crippen molar-refractivity contribution in [1.82, 2.24) is 34.0 Å². The van der Waals surface area contributed by atoms with Gasteiger partial charge in [-0.3, -0.25) is 14.4 Å². The standard InChI is InChI=1S/C29H29ClF3N9O5S/c1-3-18-22(39-6-8-40(9-7-39)26(45)21-23(44)15(2)34-14-35-21)27(46)42-28(37-25(38-42)16-4-10-47-11-5-16)41(18)13-20(43)36-17-12-19(29(31,32)33)48-24(17)30/h4,12,14,44H,3,5-11,13H2,1-2H3,(H,36,43). The maximum atomic E-state index is 14.1. The summed E-state index contributed by atoms with van der Waals surface area (Å²) < 4.78 is 47.6. The number of ether oxygens (including phenoxy) is 1. The first-order valence-electron chi connectivity index (χ1n) is 14.9. The van der Waals surface area contributed by atoms with Gasteiger partial charge in [-0.25, -0.2) is 9.97 Å². The van der Waals surface area contributed by atoms with Crippen LogP contribution in [0.15, 0.2) is 23.3 Å². The second-order valence-electron chi connectivity index (χ2n) is 11.0. The van der Waals surface area contributed by atoms with Gasteiger partial charge < -0.3 is 29.5 Å². The fraction of sp³-hybridized carbons (Fsp3) is 0.414. The number of alkyl halides is 3. The number of fused-ring (bicyclic) bond motifs is 1. The number of nitrogens with zero attached hydrogens (tertiary/aromatic N) is 8. The van der Waals surface area contributed by atoms with Gasteiger partial charge in [-0.2, -0.15) is 22.7 Å². The van der Waals surface area contributed by atoms with Gasteiger partial charge in [0.15, 0.2) is 17.3 Å². The minimum absolute atomic E-state index is 0.0777. The van der Waals surface area contributed by atoms with Crippen molar-refractivity contribution in [3.05, 3.63) is 60.9 Å². The Labute approximate surface area is 279 Å². The summed E-state index contributed by atoms with van der Waals surface area (Å²) in [5.41, 5.74) is 0.933. The lowest BCUT2D eigenvalue weighted by Crippen LogP contribution is -2.51. The summed E-state index contributed by atoms with van der Waals surface area (Å²) in [4.78, 5) is 55.5. The third kappa shape index (κ3) is 6.34. The molecular formula is C29H29ClF3N9O5S. The van der Waals surface area contributed by atoms with Gasteiger partial charge in [0, 0.05) is 26.2 Å². The molecule has 4 aromatic rings. The molecule has 254 valence electrons. The smallest absolute Gasteiger partial charge is 0.425 e. The second kappa shape index (κ2) is 13.2. The zero-order valence-corrected chi connectivity index (χ0v) is 27.2. The molecule has 0 atom stereocenters. The van der Waals surface area contributed by atoms with Crippen LogP contribution in [0.4, 0.5) is 24.5 Å². The van der Waals surface area contributed by atoms with E-state index >= 15 is 0 Å². The van der Waals surface area contributed by atoms with Crippen LogP contribution in [0.5, 0.6) is 5.75 Å². The summed E-state index contributed by atoms with van der Waals surface area (Å²) in [6.07, 6.45) is -0.839. The van der Waals surface area contributed by atoms with Crippen LogP contribution in [0.25, 0.3) is 11.4 Å². The van der Waals surface area contributed by atoms with E-state index in [2.05, 4.69) is 25.4 Å². The Hall–Kier alpha value is -4.55. The van der Waals surface area contributed by atoms with Crippen LogP contribution in [0.2, 0.25) is 4.34 Å². The molecule has 0 bridgehead atoms. The number of aromatic hydroxyl groups is 1. The average molecular weight is 708 g/mol. The van der Waals surface area contributed by atoms with Crippen molar-refractivity contribution in [2.24, 2.45) is 0 Å². The second-order valence-corrected chi connectivity index (χ2v) is 12.7. The van der Waals surface area contributed by atoms with Gasteiger partial charge in [-0.1, -0.05) is 24.6 Å². The number of nitrogens with one attached hydrogen (secondary N) is 1. The molecule has 2 aliphatic rings. The van der Waals surface area contributed by atoms with Crippen molar-refractivity contribution in [2.75, 3.05) is 49.6 Å². The molecule has 2 aliphatic heterocycles. The van der Waals surface area contributed by atoms with Crippen LogP contribution in [-0.4, -0.2) is 90.3 Å². The van der Waals surface area contributed by atoms with Crippen molar-refractivity contribution >= 4 is 57.5 Å². The molecule has 2 N–H and O–H groups in total. The van der Waals surface area contributed by atoms with Crippen LogP contribution < -0.4 is 15.8 Å². The summed E-state index contributed by atoms with van der Waals surface area (Å²) in [6.45, 7) is 4.56. The largest absolute Gasteiger partial charge is 0.504 e. The number of rotatable bonds is 7. The number of carbonyl (C=O) groups is 2. The van der Waals surface area contributed by atoms with Crippen LogP contribution in [0.1, 0.15) is 45.9 Å². The minimum atomic E-state index is -4.63. The van der Waals surface area contributed by atoms with Gasteiger partial charge in [-0.05, 0) is 31.4 Å². The van der Waals surface area contributed by atoms with E-state index in [-0.39, 0.29) is 77.1 Å². The summed E-state index contributed by atoms with van der Waals surface area (Å²) in [7, 11) is 0. The third-order valence-electron chi connectivity index (χ3n) is 8.04.